The molecule has 1 atom stereocenters. The molecule has 0 aliphatic carbocycles. The van der Waals surface area contributed by atoms with Crippen LogP contribution in [0.25, 0.3) is 0 Å². The lowest BCUT2D eigenvalue weighted by Gasteiger charge is -2.25. The van der Waals surface area contributed by atoms with Crippen LogP contribution in [-0.4, -0.2) is 35.3 Å². The van der Waals surface area contributed by atoms with E-state index in [9.17, 15) is 9.90 Å². The number of hydrogen-bond donors (Lipinski definition) is 1. The van der Waals surface area contributed by atoms with Crippen molar-refractivity contribution in [2.45, 2.75) is 26.3 Å². The number of nitrogens with zero attached hydrogens (tertiary/aromatic N) is 1. The number of hydrogen-bond acceptors (Lipinski definition) is 3. The summed E-state index contributed by atoms with van der Waals surface area (Å²) < 4.78 is 11.3. The van der Waals surface area contributed by atoms with Crippen molar-refractivity contribution in [3.8, 4) is 17.2 Å². The normalized spacial score (nSPS) is 11.7. The zero-order valence-corrected chi connectivity index (χ0v) is 16.1. The Balaban J connectivity index is 1.96. The third kappa shape index (κ3) is 5.71. The van der Waals surface area contributed by atoms with Crippen molar-refractivity contribution in [2.75, 3.05) is 13.2 Å². The van der Waals surface area contributed by atoms with Gasteiger partial charge in [0.15, 0.2) is 0 Å². The molecule has 0 aromatic heterocycles. The Morgan fingerprint density at radius 3 is 2.54 bits per heavy atom. The molecule has 0 fully saturated rings. The average Bonchev–Trinajstić information content (AvgIpc) is 2.59. The number of carboxylic acid groups (broad SMARTS) is 1. The maximum atomic E-state index is 11.3. The molecule has 7 heteroatoms. The molecular weight excluding hydrogens is 377 g/mol. The number of benzene rings is 2. The van der Waals surface area contributed by atoms with Crippen LogP contribution in [0.15, 0.2) is 42.5 Å². The molecule has 1 unspecified atom stereocenters. The molecule has 140 valence electrons. The molecule has 0 aliphatic heterocycles. The molecule has 0 spiro atoms. The Morgan fingerprint density at radius 2 is 1.92 bits per heavy atom. The van der Waals surface area contributed by atoms with E-state index >= 15 is 0 Å². The molecule has 0 radical (unpaired) electrons. The highest BCUT2D eigenvalue weighted by Crippen LogP contribution is 2.32. The Labute approximate surface area is 163 Å². The van der Waals surface area contributed by atoms with Crippen LogP contribution in [0.4, 0.5) is 4.79 Å². The fourth-order valence-electron chi connectivity index (χ4n) is 2.31. The first-order chi connectivity index (χ1) is 12.4. The van der Waals surface area contributed by atoms with Gasteiger partial charge < -0.3 is 19.5 Å². The molecule has 2 aromatic carbocycles. The van der Waals surface area contributed by atoms with Gasteiger partial charge in [-0.3, -0.25) is 0 Å². The standard InChI is InChI=1S/C19H21Cl2NO4/c1-3-13(2)22(19(23)24)9-10-25-18-8-7-16(12-17(18)21)26-15-6-4-5-14(20)11-15/h4-8,11-13H,3,9-10H2,1-2H3,(H,23,24). The smallest absolute Gasteiger partial charge is 0.407 e. The van der Waals surface area contributed by atoms with Crippen molar-refractivity contribution in [3.63, 3.8) is 0 Å². The summed E-state index contributed by atoms with van der Waals surface area (Å²) in [6, 6.07) is 12.0. The first-order valence-corrected chi connectivity index (χ1v) is 9.01. The fourth-order valence-corrected chi connectivity index (χ4v) is 2.71. The van der Waals surface area contributed by atoms with E-state index in [1.54, 1.807) is 42.5 Å². The van der Waals surface area contributed by atoms with Gasteiger partial charge in [-0.2, -0.15) is 0 Å². The largest absolute Gasteiger partial charge is 0.490 e. The first-order valence-electron chi connectivity index (χ1n) is 8.26. The number of rotatable bonds is 8. The van der Waals surface area contributed by atoms with E-state index in [1.807, 2.05) is 13.8 Å². The summed E-state index contributed by atoms with van der Waals surface area (Å²) in [6.45, 7) is 4.28. The number of carbonyl (C=O) groups is 1. The zero-order valence-electron chi connectivity index (χ0n) is 14.6. The van der Waals surface area contributed by atoms with Crippen molar-refractivity contribution < 1.29 is 19.4 Å². The van der Waals surface area contributed by atoms with Crippen LogP contribution in [0.1, 0.15) is 20.3 Å². The molecule has 0 saturated carbocycles. The molecule has 26 heavy (non-hydrogen) atoms. The number of amides is 1. The Morgan fingerprint density at radius 1 is 1.19 bits per heavy atom. The molecule has 0 saturated heterocycles. The Kier molecular flexibility index (Phi) is 7.42. The van der Waals surface area contributed by atoms with E-state index in [2.05, 4.69) is 0 Å². The van der Waals surface area contributed by atoms with E-state index in [-0.39, 0.29) is 19.2 Å². The van der Waals surface area contributed by atoms with Gasteiger partial charge in [0.05, 0.1) is 11.6 Å². The molecule has 0 bridgehead atoms. The zero-order chi connectivity index (χ0) is 19.1. The highest BCUT2D eigenvalue weighted by Gasteiger charge is 2.17. The van der Waals surface area contributed by atoms with Crippen LogP contribution >= 0.6 is 23.2 Å². The summed E-state index contributed by atoms with van der Waals surface area (Å²) in [4.78, 5) is 12.6. The lowest BCUT2D eigenvalue weighted by atomic mass is 10.2. The van der Waals surface area contributed by atoms with Gasteiger partial charge in [-0.05, 0) is 43.7 Å². The van der Waals surface area contributed by atoms with Crippen molar-refractivity contribution in [1.82, 2.24) is 4.90 Å². The molecular formula is C19H21Cl2NO4. The van der Waals surface area contributed by atoms with Gasteiger partial charge >= 0.3 is 6.09 Å². The second kappa shape index (κ2) is 9.55. The molecule has 1 N–H and O–H groups in total. The average molecular weight is 398 g/mol. The third-order valence-corrected chi connectivity index (χ3v) is 4.42. The van der Waals surface area contributed by atoms with Crippen LogP contribution in [0.3, 0.4) is 0 Å². The van der Waals surface area contributed by atoms with Crippen LogP contribution in [-0.2, 0) is 0 Å². The van der Waals surface area contributed by atoms with Crippen molar-refractivity contribution in [2.24, 2.45) is 0 Å². The highest BCUT2D eigenvalue weighted by molar-refractivity contribution is 6.32. The van der Waals surface area contributed by atoms with Gasteiger partial charge in [-0.1, -0.05) is 36.2 Å². The van der Waals surface area contributed by atoms with E-state index in [0.717, 1.165) is 6.42 Å². The summed E-state index contributed by atoms with van der Waals surface area (Å²) in [7, 11) is 0. The minimum absolute atomic E-state index is 0.0694. The summed E-state index contributed by atoms with van der Waals surface area (Å²) >= 11 is 12.2. The molecule has 2 rings (SSSR count). The van der Waals surface area contributed by atoms with E-state index < -0.39 is 6.09 Å². The van der Waals surface area contributed by atoms with Gasteiger partial charge in [0.25, 0.3) is 0 Å². The van der Waals surface area contributed by atoms with Crippen molar-refractivity contribution in [3.05, 3.63) is 52.5 Å². The van der Waals surface area contributed by atoms with Gasteiger partial charge in [0, 0.05) is 17.1 Å². The van der Waals surface area contributed by atoms with Gasteiger partial charge in [0.2, 0.25) is 0 Å². The molecule has 2 aromatic rings. The molecule has 5 nitrogen and oxygen atoms in total. The number of ether oxygens (including phenoxy) is 2. The van der Waals surface area contributed by atoms with Crippen LogP contribution in [0, 0.1) is 0 Å². The van der Waals surface area contributed by atoms with E-state index in [4.69, 9.17) is 32.7 Å². The minimum atomic E-state index is -0.959. The number of halogens is 2. The summed E-state index contributed by atoms with van der Waals surface area (Å²) in [6.07, 6.45) is -0.220. The van der Waals surface area contributed by atoms with Crippen LogP contribution in [0.5, 0.6) is 17.2 Å². The minimum Gasteiger partial charge on any atom is -0.490 e. The monoisotopic (exact) mass is 397 g/mol. The maximum Gasteiger partial charge on any atom is 0.407 e. The summed E-state index contributed by atoms with van der Waals surface area (Å²) in [5.74, 6) is 1.63. The fraction of sp³-hybridized carbons (Fsp3) is 0.316. The lowest BCUT2D eigenvalue weighted by molar-refractivity contribution is 0.116. The Bertz CT molecular complexity index is 754. The quantitative estimate of drug-likeness (QED) is 0.598. The SMILES string of the molecule is CCC(C)N(CCOc1ccc(Oc2cccc(Cl)c2)cc1Cl)C(=O)O. The maximum absolute atomic E-state index is 11.3. The summed E-state index contributed by atoms with van der Waals surface area (Å²) in [5.41, 5.74) is 0. The first kappa shape index (κ1) is 20.2. The van der Waals surface area contributed by atoms with E-state index in [1.165, 1.54) is 4.90 Å². The van der Waals surface area contributed by atoms with Gasteiger partial charge in [-0.25, -0.2) is 4.79 Å². The molecule has 1 amide bonds. The van der Waals surface area contributed by atoms with Crippen LogP contribution in [0.2, 0.25) is 10.0 Å². The van der Waals surface area contributed by atoms with Crippen molar-refractivity contribution in [1.29, 1.82) is 0 Å². The van der Waals surface area contributed by atoms with Gasteiger partial charge in [-0.15, -0.1) is 0 Å². The second-order valence-corrected chi connectivity index (χ2v) is 6.58. The van der Waals surface area contributed by atoms with E-state index in [0.29, 0.717) is 27.3 Å². The lowest BCUT2D eigenvalue weighted by Crippen LogP contribution is -2.40. The molecule has 0 aliphatic rings. The topological polar surface area (TPSA) is 59.0 Å². The highest BCUT2D eigenvalue weighted by atomic mass is 35.5. The summed E-state index contributed by atoms with van der Waals surface area (Å²) in [5, 5.41) is 10.2. The molecule has 0 heterocycles. The second-order valence-electron chi connectivity index (χ2n) is 5.73. The predicted molar refractivity (Wildman–Crippen MR) is 103 cm³/mol. The predicted octanol–water partition coefficient (Wildman–Crippen LogP) is 5.94. The third-order valence-electron chi connectivity index (χ3n) is 3.89. The van der Waals surface area contributed by atoms with Crippen molar-refractivity contribution >= 4 is 29.3 Å². The Hall–Kier alpha value is -2.11. The van der Waals surface area contributed by atoms with Crippen LogP contribution < -0.4 is 9.47 Å². The van der Waals surface area contributed by atoms with Gasteiger partial charge in [0.1, 0.15) is 23.9 Å².